The highest BCUT2D eigenvalue weighted by molar-refractivity contribution is 7.92. The first-order valence-corrected chi connectivity index (χ1v) is 11.1. The normalized spacial score (nSPS) is 16.5. The van der Waals surface area contributed by atoms with Gasteiger partial charge in [0.05, 0.1) is 15.0 Å². The number of halogens is 1. The first-order chi connectivity index (χ1) is 12.0. The summed E-state index contributed by atoms with van der Waals surface area (Å²) in [4.78, 5) is 0.240. The first-order valence-electron chi connectivity index (χ1n) is 8.11. The van der Waals surface area contributed by atoms with Crippen molar-refractivity contribution in [2.75, 3.05) is 13.1 Å². The van der Waals surface area contributed by atoms with Crippen molar-refractivity contribution in [3.63, 3.8) is 0 Å². The summed E-state index contributed by atoms with van der Waals surface area (Å²) in [5.41, 5.74) is 2.26. The van der Waals surface area contributed by atoms with Crippen molar-refractivity contribution in [3.8, 4) is 0 Å². The molecule has 0 saturated carbocycles. The Labute approximate surface area is 153 Å². The molecule has 0 amide bonds. The van der Waals surface area contributed by atoms with Crippen molar-refractivity contribution in [2.45, 2.75) is 35.8 Å². The van der Waals surface area contributed by atoms with Gasteiger partial charge in [0.15, 0.2) is 9.84 Å². The quantitative estimate of drug-likeness (QED) is 0.744. The van der Waals surface area contributed by atoms with Gasteiger partial charge in [0, 0.05) is 13.1 Å². The number of sulfone groups is 1. The van der Waals surface area contributed by atoms with Crippen molar-refractivity contribution >= 4 is 19.9 Å². The fourth-order valence-corrected chi connectivity index (χ4v) is 7.10. The zero-order valence-corrected chi connectivity index (χ0v) is 16.4. The molecule has 1 saturated heterocycles. The molecule has 0 aromatic heterocycles. The lowest BCUT2D eigenvalue weighted by molar-refractivity contribution is 0.309. The third kappa shape index (κ3) is 3.17. The molecule has 2 aromatic rings. The number of sulfonamides is 1. The van der Waals surface area contributed by atoms with Crippen LogP contribution in [0, 0.1) is 26.6 Å². The van der Waals surface area contributed by atoms with Gasteiger partial charge in [-0.2, -0.15) is 4.31 Å². The molecule has 1 heterocycles. The third-order valence-electron chi connectivity index (χ3n) is 4.60. The molecular formula is C18H20FNO4S2. The van der Waals surface area contributed by atoms with Gasteiger partial charge in [0.25, 0.3) is 0 Å². The van der Waals surface area contributed by atoms with Gasteiger partial charge >= 0.3 is 0 Å². The van der Waals surface area contributed by atoms with E-state index in [0.717, 1.165) is 17.7 Å². The van der Waals surface area contributed by atoms with Crippen LogP contribution in [0.1, 0.15) is 16.7 Å². The summed E-state index contributed by atoms with van der Waals surface area (Å²) in [6, 6.07) is 8.17. The minimum absolute atomic E-state index is 0.00337. The molecule has 0 atom stereocenters. The number of nitrogens with zero attached hydrogens (tertiary/aromatic N) is 1. The Morgan fingerprint density at radius 1 is 0.923 bits per heavy atom. The molecule has 1 aliphatic heterocycles. The van der Waals surface area contributed by atoms with Crippen LogP contribution < -0.4 is 0 Å². The molecule has 0 unspecified atom stereocenters. The maximum absolute atomic E-state index is 13.0. The number of aryl methyl sites for hydroxylation is 3. The van der Waals surface area contributed by atoms with Gasteiger partial charge in [0.1, 0.15) is 5.82 Å². The average molecular weight is 397 g/mol. The molecule has 0 bridgehead atoms. The zero-order valence-electron chi connectivity index (χ0n) is 14.7. The SMILES string of the molecule is Cc1cc(C)c(S(=O)(=O)N2CC(S(=O)(=O)c3ccc(F)cc3)C2)c(C)c1. The molecule has 3 rings (SSSR count). The van der Waals surface area contributed by atoms with Crippen LogP contribution in [-0.4, -0.2) is 39.5 Å². The van der Waals surface area contributed by atoms with E-state index in [4.69, 9.17) is 0 Å². The Morgan fingerprint density at radius 3 is 1.92 bits per heavy atom. The fraction of sp³-hybridized carbons (Fsp3) is 0.333. The monoisotopic (exact) mass is 397 g/mol. The maximum atomic E-state index is 13.0. The van der Waals surface area contributed by atoms with Gasteiger partial charge in [0.2, 0.25) is 10.0 Å². The van der Waals surface area contributed by atoms with E-state index < -0.39 is 30.9 Å². The van der Waals surface area contributed by atoms with E-state index in [1.54, 1.807) is 26.0 Å². The predicted octanol–water partition coefficient (Wildman–Crippen LogP) is 2.60. The lowest BCUT2D eigenvalue weighted by atomic mass is 10.1. The van der Waals surface area contributed by atoms with Crippen LogP contribution in [0.3, 0.4) is 0 Å². The Morgan fingerprint density at radius 2 is 1.42 bits per heavy atom. The summed E-state index contributed by atoms with van der Waals surface area (Å²) >= 11 is 0. The Bertz CT molecular complexity index is 1030. The summed E-state index contributed by atoms with van der Waals surface area (Å²) in [6.45, 7) is 5.16. The standard InChI is InChI=1S/C18H20FNO4S2/c1-12-8-13(2)18(14(3)9-12)26(23,24)20-10-17(11-20)25(21,22)16-6-4-15(19)5-7-16/h4-9,17H,10-11H2,1-3H3. The van der Waals surface area contributed by atoms with Crippen LogP contribution >= 0.6 is 0 Å². The van der Waals surface area contributed by atoms with E-state index in [9.17, 15) is 21.2 Å². The second-order valence-corrected chi connectivity index (χ2v) is 10.8. The van der Waals surface area contributed by atoms with E-state index in [0.29, 0.717) is 11.1 Å². The third-order valence-corrected chi connectivity index (χ3v) is 8.84. The molecule has 0 N–H and O–H groups in total. The van der Waals surface area contributed by atoms with Crippen LogP contribution in [-0.2, 0) is 19.9 Å². The predicted molar refractivity (Wildman–Crippen MR) is 96.8 cm³/mol. The van der Waals surface area contributed by atoms with Gasteiger partial charge in [-0.25, -0.2) is 21.2 Å². The molecular weight excluding hydrogens is 377 g/mol. The summed E-state index contributed by atoms with van der Waals surface area (Å²) < 4.78 is 65.1. The molecule has 1 fully saturated rings. The highest BCUT2D eigenvalue weighted by atomic mass is 32.2. The highest BCUT2D eigenvalue weighted by Gasteiger charge is 2.44. The van der Waals surface area contributed by atoms with Crippen molar-refractivity contribution < 1.29 is 21.2 Å². The smallest absolute Gasteiger partial charge is 0.223 e. The van der Waals surface area contributed by atoms with Gasteiger partial charge in [-0.3, -0.25) is 0 Å². The Hall–Kier alpha value is -1.77. The molecule has 1 aliphatic rings. The summed E-state index contributed by atoms with van der Waals surface area (Å²) in [5.74, 6) is -0.521. The van der Waals surface area contributed by atoms with E-state index in [1.807, 2.05) is 6.92 Å². The van der Waals surface area contributed by atoms with Crippen LogP contribution in [0.4, 0.5) is 4.39 Å². The van der Waals surface area contributed by atoms with Crippen molar-refractivity contribution in [1.29, 1.82) is 0 Å². The number of rotatable bonds is 4. The molecule has 0 aliphatic carbocycles. The summed E-state index contributed by atoms with van der Waals surface area (Å²) in [6.07, 6.45) is 0. The second kappa shape index (κ2) is 6.44. The highest BCUT2D eigenvalue weighted by Crippen LogP contribution is 2.32. The molecule has 140 valence electrons. The minimum atomic E-state index is -3.75. The van der Waals surface area contributed by atoms with Gasteiger partial charge in [-0.1, -0.05) is 17.7 Å². The zero-order chi connectivity index (χ0) is 19.3. The van der Waals surface area contributed by atoms with E-state index >= 15 is 0 Å². The van der Waals surface area contributed by atoms with Crippen LogP contribution in [0.5, 0.6) is 0 Å². The Kier molecular flexibility index (Phi) is 4.71. The summed E-state index contributed by atoms with van der Waals surface area (Å²) in [5, 5.41) is -0.825. The van der Waals surface area contributed by atoms with E-state index in [-0.39, 0.29) is 22.9 Å². The average Bonchev–Trinajstić information content (AvgIpc) is 2.43. The maximum Gasteiger partial charge on any atom is 0.243 e. The Balaban J connectivity index is 1.84. The summed E-state index contributed by atoms with van der Waals surface area (Å²) in [7, 11) is -7.45. The number of hydrogen-bond donors (Lipinski definition) is 0. The lowest BCUT2D eigenvalue weighted by Gasteiger charge is -2.38. The van der Waals surface area contributed by atoms with Crippen LogP contribution in [0.15, 0.2) is 46.2 Å². The number of benzene rings is 2. The van der Waals surface area contributed by atoms with E-state index in [2.05, 4.69) is 0 Å². The molecule has 2 aromatic carbocycles. The van der Waals surface area contributed by atoms with Crippen molar-refractivity contribution in [3.05, 3.63) is 58.9 Å². The number of hydrogen-bond acceptors (Lipinski definition) is 4. The lowest BCUT2D eigenvalue weighted by Crippen LogP contribution is -2.56. The molecule has 26 heavy (non-hydrogen) atoms. The van der Waals surface area contributed by atoms with Crippen LogP contribution in [0.2, 0.25) is 0 Å². The minimum Gasteiger partial charge on any atom is -0.223 e. The van der Waals surface area contributed by atoms with Gasteiger partial charge in [-0.15, -0.1) is 0 Å². The second-order valence-electron chi connectivity index (χ2n) is 6.67. The topological polar surface area (TPSA) is 71.5 Å². The fourth-order valence-electron chi connectivity index (χ4n) is 3.31. The molecule has 0 spiro atoms. The molecule has 5 nitrogen and oxygen atoms in total. The van der Waals surface area contributed by atoms with Crippen molar-refractivity contribution in [1.82, 2.24) is 4.31 Å². The van der Waals surface area contributed by atoms with Crippen LogP contribution in [0.25, 0.3) is 0 Å². The van der Waals surface area contributed by atoms with E-state index in [1.165, 1.54) is 16.4 Å². The first kappa shape index (κ1) is 19.0. The largest absolute Gasteiger partial charge is 0.243 e. The van der Waals surface area contributed by atoms with Gasteiger partial charge in [-0.05, 0) is 56.2 Å². The van der Waals surface area contributed by atoms with Crippen molar-refractivity contribution in [2.24, 2.45) is 0 Å². The van der Waals surface area contributed by atoms with Gasteiger partial charge < -0.3 is 0 Å². The molecule has 8 heteroatoms. The molecule has 0 radical (unpaired) electrons.